The smallest absolute Gasteiger partial charge is 0.251 e. The fourth-order valence-corrected chi connectivity index (χ4v) is 5.08. The Morgan fingerprint density at radius 2 is 1.82 bits per heavy atom. The molecule has 2 aliphatic heterocycles. The van der Waals surface area contributed by atoms with E-state index in [1.807, 2.05) is 12.1 Å². The molecule has 9 nitrogen and oxygen atoms in total. The van der Waals surface area contributed by atoms with Crippen molar-refractivity contribution < 1.29 is 14.4 Å². The third kappa shape index (κ3) is 4.51. The third-order valence-corrected chi connectivity index (χ3v) is 7.01. The molecule has 0 saturated carbocycles. The monoisotopic (exact) mass is 464 g/mol. The SMILES string of the molecule is O=C(NCC(=O)N1CCN(c2nc3cccnc3s2)CC1)c1ccc(N2CCCC2=O)cc1. The van der Waals surface area contributed by atoms with Crippen LogP contribution < -0.4 is 15.1 Å². The summed E-state index contributed by atoms with van der Waals surface area (Å²) in [5.74, 6) is -0.297. The van der Waals surface area contributed by atoms with E-state index < -0.39 is 0 Å². The number of carbonyl (C=O) groups is 3. The molecule has 1 aromatic carbocycles. The summed E-state index contributed by atoms with van der Waals surface area (Å²) >= 11 is 1.56. The van der Waals surface area contributed by atoms with Gasteiger partial charge in [0.2, 0.25) is 11.8 Å². The van der Waals surface area contributed by atoms with E-state index in [4.69, 9.17) is 0 Å². The highest BCUT2D eigenvalue weighted by Crippen LogP contribution is 2.27. The second kappa shape index (κ2) is 9.14. The van der Waals surface area contributed by atoms with Gasteiger partial charge in [-0.1, -0.05) is 11.3 Å². The van der Waals surface area contributed by atoms with Gasteiger partial charge in [0.15, 0.2) is 5.13 Å². The van der Waals surface area contributed by atoms with E-state index in [1.165, 1.54) is 0 Å². The van der Waals surface area contributed by atoms with Crippen molar-refractivity contribution in [2.45, 2.75) is 12.8 Å². The molecule has 0 radical (unpaired) electrons. The topological polar surface area (TPSA) is 98.7 Å². The van der Waals surface area contributed by atoms with Crippen molar-refractivity contribution in [1.29, 1.82) is 0 Å². The van der Waals surface area contributed by atoms with Gasteiger partial charge in [-0.15, -0.1) is 0 Å². The van der Waals surface area contributed by atoms with E-state index >= 15 is 0 Å². The predicted octanol–water partition coefficient (Wildman–Crippen LogP) is 1.90. The molecule has 170 valence electrons. The van der Waals surface area contributed by atoms with Gasteiger partial charge in [-0.05, 0) is 42.8 Å². The number of fused-ring (bicyclic) bond motifs is 1. The summed E-state index contributed by atoms with van der Waals surface area (Å²) in [7, 11) is 0. The van der Waals surface area contributed by atoms with E-state index in [1.54, 1.807) is 51.6 Å². The van der Waals surface area contributed by atoms with Gasteiger partial charge in [0.05, 0.1) is 6.54 Å². The number of hydrogen-bond donors (Lipinski definition) is 1. The molecule has 0 unspecified atom stereocenters. The van der Waals surface area contributed by atoms with Crippen molar-refractivity contribution >= 4 is 50.2 Å². The summed E-state index contributed by atoms with van der Waals surface area (Å²) in [5, 5.41) is 3.63. The molecule has 0 atom stereocenters. The predicted molar refractivity (Wildman–Crippen MR) is 127 cm³/mol. The van der Waals surface area contributed by atoms with Gasteiger partial charge >= 0.3 is 0 Å². The summed E-state index contributed by atoms with van der Waals surface area (Å²) < 4.78 is 0. The molecule has 0 aliphatic carbocycles. The van der Waals surface area contributed by atoms with Crippen molar-refractivity contribution in [1.82, 2.24) is 20.2 Å². The lowest BCUT2D eigenvalue weighted by Crippen LogP contribution is -2.51. The zero-order valence-corrected chi connectivity index (χ0v) is 18.9. The molecule has 4 heterocycles. The van der Waals surface area contributed by atoms with Gasteiger partial charge in [-0.3, -0.25) is 14.4 Å². The average Bonchev–Trinajstić information content (AvgIpc) is 3.48. The van der Waals surface area contributed by atoms with Crippen LogP contribution >= 0.6 is 11.3 Å². The Labute approximate surface area is 195 Å². The Morgan fingerprint density at radius 3 is 2.52 bits per heavy atom. The van der Waals surface area contributed by atoms with Crippen molar-refractivity contribution in [2.24, 2.45) is 0 Å². The minimum absolute atomic E-state index is 0.0454. The number of carbonyl (C=O) groups excluding carboxylic acids is 3. The molecule has 2 aliphatic rings. The molecule has 2 saturated heterocycles. The van der Waals surface area contributed by atoms with E-state index in [9.17, 15) is 14.4 Å². The minimum Gasteiger partial charge on any atom is -0.344 e. The number of benzene rings is 1. The lowest BCUT2D eigenvalue weighted by molar-refractivity contribution is -0.130. The maximum atomic E-state index is 12.6. The molecule has 1 N–H and O–H groups in total. The number of pyridine rings is 1. The number of rotatable bonds is 5. The lowest BCUT2D eigenvalue weighted by Gasteiger charge is -2.34. The standard InChI is InChI=1S/C23H24N6O3S/c30-19-4-2-10-29(19)17-7-5-16(6-8-17)21(32)25-15-20(31)27-11-13-28(14-12-27)23-26-18-3-1-9-24-22(18)33-23/h1,3,5-9H,2,4,10-15H2,(H,25,32). The molecule has 3 aromatic rings. The first-order valence-corrected chi connectivity index (χ1v) is 11.8. The average molecular weight is 465 g/mol. The first kappa shape index (κ1) is 21.3. The zero-order chi connectivity index (χ0) is 22.8. The highest BCUT2D eigenvalue weighted by atomic mass is 32.1. The second-order valence-corrected chi connectivity index (χ2v) is 9.03. The first-order valence-electron chi connectivity index (χ1n) is 11.0. The minimum atomic E-state index is -0.303. The van der Waals surface area contributed by atoms with Crippen LogP contribution in [0.4, 0.5) is 10.8 Å². The van der Waals surface area contributed by atoms with Crippen molar-refractivity contribution in [3.05, 3.63) is 48.2 Å². The molecule has 0 bridgehead atoms. The van der Waals surface area contributed by atoms with Crippen LogP contribution in [0, 0.1) is 0 Å². The van der Waals surface area contributed by atoms with Crippen LogP contribution in [0.15, 0.2) is 42.6 Å². The summed E-state index contributed by atoms with van der Waals surface area (Å²) in [6.07, 6.45) is 3.18. The van der Waals surface area contributed by atoms with Crippen LogP contribution in [0.5, 0.6) is 0 Å². The first-order chi connectivity index (χ1) is 16.1. The normalized spacial score (nSPS) is 16.5. The molecule has 33 heavy (non-hydrogen) atoms. The number of amides is 3. The van der Waals surface area contributed by atoms with Crippen molar-refractivity contribution in [3.8, 4) is 0 Å². The van der Waals surface area contributed by atoms with Crippen LogP contribution in [0.2, 0.25) is 0 Å². The van der Waals surface area contributed by atoms with E-state index in [2.05, 4.69) is 20.2 Å². The number of piperazine rings is 1. The molecular weight excluding hydrogens is 440 g/mol. The molecule has 0 spiro atoms. The molecule has 3 amide bonds. The summed E-state index contributed by atoms with van der Waals surface area (Å²) in [4.78, 5) is 52.5. The highest BCUT2D eigenvalue weighted by Gasteiger charge is 2.24. The summed E-state index contributed by atoms with van der Waals surface area (Å²) in [5.41, 5.74) is 2.15. The number of aromatic nitrogens is 2. The van der Waals surface area contributed by atoms with Crippen LogP contribution in [-0.4, -0.2) is 71.9 Å². The number of anilines is 2. The molecule has 2 fully saturated rings. The maximum Gasteiger partial charge on any atom is 0.251 e. The Kier molecular flexibility index (Phi) is 5.91. The van der Waals surface area contributed by atoms with E-state index in [-0.39, 0.29) is 24.3 Å². The number of nitrogens with zero attached hydrogens (tertiary/aromatic N) is 5. The Hall–Kier alpha value is -3.53. The van der Waals surface area contributed by atoms with E-state index in [0.29, 0.717) is 44.7 Å². The number of nitrogens with one attached hydrogen (secondary N) is 1. The summed E-state index contributed by atoms with van der Waals surface area (Å²) in [6.45, 7) is 3.21. The molecule has 2 aromatic heterocycles. The Balaban J connectivity index is 1.11. The van der Waals surface area contributed by atoms with Gasteiger partial charge in [-0.25, -0.2) is 9.97 Å². The van der Waals surface area contributed by atoms with Crippen molar-refractivity contribution in [2.75, 3.05) is 49.1 Å². The number of thiazole rings is 1. The van der Waals surface area contributed by atoms with Gasteiger partial charge in [-0.2, -0.15) is 0 Å². The molecule has 5 rings (SSSR count). The van der Waals surface area contributed by atoms with Crippen molar-refractivity contribution in [3.63, 3.8) is 0 Å². The Morgan fingerprint density at radius 1 is 1.03 bits per heavy atom. The molecular formula is C23H24N6O3S. The quantitative estimate of drug-likeness (QED) is 0.619. The van der Waals surface area contributed by atoms with Crippen LogP contribution in [0.25, 0.3) is 10.3 Å². The van der Waals surface area contributed by atoms with Gasteiger partial charge in [0.25, 0.3) is 5.91 Å². The lowest BCUT2D eigenvalue weighted by atomic mass is 10.2. The highest BCUT2D eigenvalue weighted by molar-refractivity contribution is 7.21. The van der Waals surface area contributed by atoms with Crippen LogP contribution in [0.3, 0.4) is 0 Å². The molecule has 10 heteroatoms. The largest absolute Gasteiger partial charge is 0.344 e. The van der Waals surface area contributed by atoms with Gasteiger partial charge < -0.3 is 20.0 Å². The second-order valence-electron chi connectivity index (χ2n) is 8.07. The van der Waals surface area contributed by atoms with Crippen LogP contribution in [0.1, 0.15) is 23.2 Å². The fraction of sp³-hybridized carbons (Fsp3) is 0.348. The van der Waals surface area contributed by atoms with E-state index in [0.717, 1.165) is 27.6 Å². The zero-order valence-electron chi connectivity index (χ0n) is 18.1. The summed E-state index contributed by atoms with van der Waals surface area (Å²) in [6, 6.07) is 10.7. The van der Waals surface area contributed by atoms with Gasteiger partial charge in [0.1, 0.15) is 10.3 Å². The fourth-order valence-electron chi connectivity index (χ4n) is 4.12. The van der Waals surface area contributed by atoms with Gasteiger partial charge in [0, 0.05) is 56.6 Å². The van der Waals surface area contributed by atoms with Crippen LogP contribution in [-0.2, 0) is 9.59 Å². The third-order valence-electron chi connectivity index (χ3n) is 5.97. The Bertz CT molecular complexity index is 1150. The maximum absolute atomic E-state index is 12.6. The number of hydrogen-bond acceptors (Lipinski definition) is 7.